The molecule has 2 aromatic rings. The first-order valence-electron chi connectivity index (χ1n) is 5.79. The molecule has 3 heteroatoms. The first-order valence-corrected chi connectivity index (χ1v) is 5.79. The second-order valence-corrected chi connectivity index (χ2v) is 4.00. The highest BCUT2D eigenvalue weighted by Crippen LogP contribution is 2.11. The molecule has 0 atom stereocenters. The maximum Gasteiger partial charge on any atom is 0.248 e. The van der Waals surface area contributed by atoms with Gasteiger partial charge in [0.1, 0.15) is 11.5 Å². The zero-order chi connectivity index (χ0) is 13.7. The molecular formula is C16H13NO2. The minimum atomic E-state index is -0.233. The monoisotopic (exact) mass is 251 g/mol. The van der Waals surface area contributed by atoms with Gasteiger partial charge in [-0.05, 0) is 43.3 Å². The van der Waals surface area contributed by atoms with Gasteiger partial charge in [-0.2, -0.15) is 0 Å². The van der Waals surface area contributed by atoms with Crippen LogP contribution in [0.3, 0.4) is 0 Å². The molecule has 1 aromatic carbocycles. The lowest BCUT2D eigenvalue weighted by Gasteiger charge is -2.01. The van der Waals surface area contributed by atoms with E-state index in [2.05, 4.69) is 11.2 Å². The number of carbonyl (C=O) groups excluding carboxylic acids is 1. The normalized spacial score (nSPS) is 10.3. The van der Waals surface area contributed by atoms with Gasteiger partial charge in [-0.1, -0.05) is 12.0 Å². The van der Waals surface area contributed by atoms with Gasteiger partial charge >= 0.3 is 0 Å². The van der Waals surface area contributed by atoms with E-state index in [4.69, 9.17) is 10.8 Å². The fraction of sp³-hybridized carbons (Fsp3) is 0.0625. The van der Waals surface area contributed by atoms with Crippen LogP contribution in [0.4, 0.5) is 5.69 Å². The average Bonchev–Trinajstić information content (AvgIpc) is 2.82. The number of benzene rings is 1. The summed E-state index contributed by atoms with van der Waals surface area (Å²) in [6.45, 7) is 1.85. The number of hydrogen-bond donors (Lipinski definition) is 1. The van der Waals surface area contributed by atoms with Gasteiger partial charge in [-0.3, -0.25) is 4.79 Å². The van der Waals surface area contributed by atoms with E-state index in [0.29, 0.717) is 11.4 Å². The van der Waals surface area contributed by atoms with Crippen LogP contribution < -0.4 is 5.32 Å². The van der Waals surface area contributed by atoms with Gasteiger partial charge in [0.05, 0.1) is 0 Å². The maximum atomic E-state index is 11.7. The highest BCUT2D eigenvalue weighted by Gasteiger charge is 1.99. The molecule has 2 rings (SSSR count). The fourth-order valence-corrected chi connectivity index (χ4v) is 1.57. The lowest BCUT2D eigenvalue weighted by Crippen LogP contribution is -2.07. The van der Waals surface area contributed by atoms with Gasteiger partial charge in [0.25, 0.3) is 0 Å². The molecule has 1 amide bonds. The van der Waals surface area contributed by atoms with Crippen molar-refractivity contribution in [2.45, 2.75) is 6.92 Å². The number of hydrogen-bond acceptors (Lipinski definition) is 2. The molecule has 1 aromatic heterocycles. The van der Waals surface area contributed by atoms with Gasteiger partial charge in [-0.25, -0.2) is 0 Å². The Hall–Kier alpha value is -2.73. The largest absolute Gasteiger partial charge is 0.462 e. The van der Waals surface area contributed by atoms with Crippen molar-refractivity contribution in [3.63, 3.8) is 0 Å². The molecule has 0 radical (unpaired) electrons. The highest BCUT2D eigenvalue weighted by molar-refractivity contribution is 6.01. The average molecular weight is 251 g/mol. The van der Waals surface area contributed by atoms with Crippen molar-refractivity contribution in [3.05, 3.63) is 59.6 Å². The van der Waals surface area contributed by atoms with Gasteiger partial charge in [-0.15, -0.1) is 6.42 Å². The predicted molar refractivity (Wildman–Crippen MR) is 75.5 cm³/mol. The molecule has 0 bridgehead atoms. The Morgan fingerprint density at radius 3 is 2.89 bits per heavy atom. The summed E-state index contributed by atoms with van der Waals surface area (Å²) in [4.78, 5) is 11.7. The molecule has 1 heterocycles. The Bertz CT molecular complexity index is 659. The number of aryl methyl sites for hydroxylation is 1. The third kappa shape index (κ3) is 3.62. The lowest BCUT2D eigenvalue weighted by atomic mass is 10.2. The van der Waals surface area contributed by atoms with E-state index < -0.39 is 0 Å². The minimum absolute atomic E-state index is 0.233. The summed E-state index contributed by atoms with van der Waals surface area (Å²) in [6.07, 6.45) is 8.33. The lowest BCUT2D eigenvalue weighted by molar-refractivity contribution is -0.111. The third-order valence-corrected chi connectivity index (χ3v) is 2.46. The molecule has 0 saturated carbocycles. The molecular weight excluding hydrogens is 238 g/mol. The van der Waals surface area contributed by atoms with Crippen LogP contribution in [-0.2, 0) is 4.79 Å². The SMILES string of the molecule is C#Cc1cccc(NC(=O)/C=C\c2ccc(C)o2)c1. The zero-order valence-corrected chi connectivity index (χ0v) is 10.5. The van der Waals surface area contributed by atoms with Crippen LogP contribution in [-0.4, -0.2) is 5.91 Å². The second kappa shape index (κ2) is 5.74. The molecule has 19 heavy (non-hydrogen) atoms. The number of nitrogens with one attached hydrogen (secondary N) is 1. The molecule has 0 unspecified atom stereocenters. The standard InChI is InChI=1S/C16H13NO2/c1-3-13-5-4-6-14(11-13)17-16(18)10-9-15-8-7-12(2)19-15/h1,4-11H,2H3,(H,17,18)/b10-9-. The van der Waals surface area contributed by atoms with Crippen LogP contribution in [0.25, 0.3) is 6.08 Å². The summed E-state index contributed by atoms with van der Waals surface area (Å²) >= 11 is 0. The molecule has 1 N–H and O–H groups in total. The van der Waals surface area contributed by atoms with Crippen molar-refractivity contribution in [2.24, 2.45) is 0 Å². The molecule has 0 aliphatic rings. The van der Waals surface area contributed by atoms with E-state index >= 15 is 0 Å². The second-order valence-electron chi connectivity index (χ2n) is 4.00. The first-order chi connectivity index (χ1) is 9.17. The molecule has 0 fully saturated rings. The fourth-order valence-electron chi connectivity index (χ4n) is 1.57. The van der Waals surface area contributed by atoms with Crippen LogP contribution in [0.15, 0.2) is 46.9 Å². The quantitative estimate of drug-likeness (QED) is 0.672. The Kier molecular flexibility index (Phi) is 3.84. The summed E-state index contributed by atoms with van der Waals surface area (Å²) in [6, 6.07) is 10.8. The van der Waals surface area contributed by atoms with Crippen molar-refractivity contribution in [1.29, 1.82) is 0 Å². The van der Waals surface area contributed by atoms with Gasteiger partial charge < -0.3 is 9.73 Å². The molecule has 0 aliphatic carbocycles. The summed E-state index contributed by atoms with van der Waals surface area (Å²) in [5.41, 5.74) is 1.39. The van der Waals surface area contributed by atoms with E-state index in [1.165, 1.54) is 6.08 Å². The smallest absolute Gasteiger partial charge is 0.248 e. The Labute approximate surface area is 111 Å². The molecule has 94 valence electrons. The van der Waals surface area contributed by atoms with E-state index in [-0.39, 0.29) is 5.91 Å². The van der Waals surface area contributed by atoms with Crippen molar-refractivity contribution in [2.75, 3.05) is 5.32 Å². The summed E-state index contributed by atoms with van der Waals surface area (Å²) in [5, 5.41) is 2.73. The molecule has 0 saturated heterocycles. The highest BCUT2D eigenvalue weighted by atomic mass is 16.3. The summed E-state index contributed by atoms with van der Waals surface area (Å²) < 4.78 is 5.33. The van der Waals surface area contributed by atoms with Crippen LogP contribution in [0.5, 0.6) is 0 Å². The van der Waals surface area contributed by atoms with Gasteiger partial charge in [0.15, 0.2) is 0 Å². The molecule has 3 nitrogen and oxygen atoms in total. The molecule has 0 aliphatic heterocycles. The van der Waals surface area contributed by atoms with Crippen LogP contribution in [0, 0.1) is 19.3 Å². The Morgan fingerprint density at radius 2 is 2.21 bits per heavy atom. The number of anilines is 1. The molecule has 0 spiro atoms. The Balaban J connectivity index is 2.01. The minimum Gasteiger partial charge on any atom is -0.462 e. The number of carbonyl (C=O) groups is 1. The van der Waals surface area contributed by atoms with Crippen molar-refractivity contribution < 1.29 is 9.21 Å². The third-order valence-electron chi connectivity index (χ3n) is 2.46. The van der Waals surface area contributed by atoms with Gasteiger partial charge in [0, 0.05) is 17.3 Å². The van der Waals surface area contributed by atoms with Crippen LogP contribution in [0.2, 0.25) is 0 Å². The maximum absolute atomic E-state index is 11.7. The van der Waals surface area contributed by atoms with E-state index in [9.17, 15) is 4.79 Å². The van der Waals surface area contributed by atoms with Gasteiger partial charge in [0.2, 0.25) is 5.91 Å². The van der Waals surface area contributed by atoms with Crippen LogP contribution in [0.1, 0.15) is 17.1 Å². The van der Waals surface area contributed by atoms with E-state index in [1.54, 1.807) is 36.4 Å². The van der Waals surface area contributed by atoms with E-state index in [1.807, 2.05) is 13.0 Å². The van der Waals surface area contributed by atoms with Crippen LogP contribution >= 0.6 is 0 Å². The number of amides is 1. The van der Waals surface area contributed by atoms with Crippen molar-refractivity contribution in [3.8, 4) is 12.3 Å². The topological polar surface area (TPSA) is 42.2 Å². The first kappa shape index (κ1) is 12.7. The predicted octanol–water partition coefficient (Wildman–Crippen LogP) is 3.22. The van der Waals surface area contributed by atoms with Crippen molar-refractivity contribution >= 4 is 17.7 Å². The van der Waals surface area contributed by atoms with E-state index in [0.717, 1.165) is 11.3 Å². The number of rotatable bonds is 3. The summed E-state index contributed by atoms with van der Waals surface area (Å²) in [5.74, 6) is 3.73. The Morgan fingerprint density at radius 1 is 1.37 bits per heavy atom. The van der Waals surface area contributed by atoms with Crippen molar-refractivity contribution in [1.82, 2.24) is 0 Å². The summed E-state index contributed by atoms with van der Waals surface area (Å²) in [7, 11) is 0. The zero-order valence-electron chi connectivity index (χ0n) is 10.5. The number of furan rings is 1. The number of terminal acetylenes is 1.